The molecule has 2 saturated heterocycles. The summed E-state index contributed by atoms with van der Waals surface area (Å²) < 4.78 is 5.48. The van der Waals surface area contributed by atoms with Gasteiger partial charge in [-0.1, -0.05) is 0 Å². The van der Waals surface area contributed by atoms with E-state index in [9.17, 15) is 9.59 Å². The van der Waals surface area contributed by atoms with Crippen molar-refractivity contribution in [1.29, 1.82) is 0 Å². The number of amides is 1. The highest BCUT2D eigenvalue weighted by atomic mass is 16.6. The Morgan fingerprint density at radius 1 is 1.38 bits per heavy atom. The fourth-order valence-corrected chi connectivity index (χ4v) is 3.53. The van der Waals surface area contributed by atoms with Crippen molar-refractivity contribution in [2.75, 3.05) is 19.6 Å². The van der Waals surface area contributed by atoms with Crippen LogP contribution in [0.3, 0.4) is 0 Å². The number of aromatic nitrogens is 3. The Labute approximate surface area is 138 Å². The molecule has 0 bridgehead atoms. The van der Waals surface area contributed by atoms with E-state index < -0.39 is 0 Å². The molecule has 1 unspecified atom stereocenters. The van der Waals surface area contributed by atoms with Gasteiger partial charge in [-0.25, -0.2) is 4.98 Å². The van der Waals surface area contributed by atoms with E-state index in [0.717, 1.165) is 36.8 Å². The summed E-state index contributed by atoms with van der Waals surface area (Å²) in [4.78, 5) is 28.6. The molecule has 0 aliphatic carbocycles. The molecule has 24 heavy (non-hydrogen) atoms. The first kappa shape index (κ1) is 15.1. The van der Waals surface area contributed by atoms with E-state index in [1.54, 1.807) is 18.5 Å². The van der Waals surface area contributed by atoms with E-state index in [0.29, 0.717) is 18.7 Å². The van der Waals surface area contributed by atoms with Crippen LogP contribution in [-0.2, 0) is 9.53 Å². The van der Waals surface area contributed by atoms with Crippen molar-refractivity contribution in [3.05, 3.63) is 24.2 Å². The average molecular weight is 329 g/mol. The lowest BCUT2D eigenvalue weighted by Crippen LogP contribution is -2.39. The van der Waals surface area contributed by atoms with Gasteiger partial charge in [0.1, 0.15) is 11.8 Å². The fraction of sp³-hybridized carbons (Fsp3) is 0.500. The smallest absolute Gasteiger partial charge is 0.312 e. The Morgan fingerprint density at radius 2 is 2.21 bits per heavy atom. The normalized spacial score (nSPS) is 22.7. The minimum atomic E-state index is -0.366. The third kappa shape index (κ3) is 2.62. The van der Waals surface area contributed by atoms with E-state index in [-0.39, 0.29) is 23.4 Å². The predicted molar refractivity (Wildman–Crippen MR) is 85.3 cm³/mol. The summed E-state index contributed by atoms with van der Waals surface area (Å²) in [5, 5.41) is 13.6. The van der Waals surface area contributed by atoms with Gasteiger partial charge >= 0.3 is 5.97 Å². The SMILES string of the molecule is O=C(NCC1CC2(CCNCC2)C(=O)O1)c1cc2cn[nH]c2cn1. The molecule has 4 rings (SSSR count). The zero-order chi connectivity index (χ0) is 16.6. The van der Waals surface area contributed by atoms with Crippen molar-refractivity contribution in [1.82, 2.24) is 25.8 Å². The van der Waals surface area contributed by atoms with Gasteiger partial charge in [0.25, 0.3) is 5.91 Å². The number of H-pyrrole nitrogens is 1. The maximum absolute atomic E-state index is 12.3. The Balaban J connectivity index is 1.38. The number of hydrogen-bond donors (Lipinski definition) is 3. The van der Waals surface area contributed by atoms with E-state index in [1.165, 1.54) is 0 Å². The largest absolute Gasteiger partial charge is 0.460 e. The van der Waals surface area contributed by atoms with Gasteiger partial charge in [-0.05, 0) is 32.0 Å². The molecule has 1 amide bonds. The van der Waals surface area contributed by atoms with Gasteiger partial charge in [0.15, 0.2) is 0 Å². The summed E-state index contributed by atoms with van der Waals surface area (Å²) in [6.07, 6.45) is 5.23. The summed E-state index contributed by atoms with van der Waals surface area (Å²) in [6.45, 7) is 1.98. The standard InChI is InChI=1S/C16H19N5O3/c22-14(12-5-10-7-20-21-13(10)9-18-12)19-8-11-6-16(15(23)24-11)1-3-17-4-2-16/h5,7,9,11,17H,1-4,6,8H2,(H,19,22)(H,20,21). The molecule has 8 heteroatoms. The maximum atomic E-state index is 12.3. The van der Waals surface area contributed by atoms with Crippen molar-refractivity contribution in [2.45, 2.75) is 25.4 Å². The van der Waals surface area contributed by atoms with Crippen LogP contribution in [0.4, 0.5) is 0 Å². The van der Waals surface area contributed by atoms with Gasteiger partial charge in [0.2, 0.25) is 0 Å². The maximum Gasteiger partial charge on any atom is 0.312 e. The lowest BCUT2D eigenvalue weighted by Gasteiger charge is -2.29. The zero-order valence-corrected chi connectivity index (χ0v) is 13.2. The molecule has 1 atom stereocenters. The van der Waals surface area contributed by atoms with Crippen LogP contribution in [0, 0.1) is 5.41 Å². The second-order valence-corrected chi connectivity index (χ2v) is 6.50. The van der Waals surface area contributed by atoms with Crippen LogP contribution in [0.15, 0.2) is 18.5 Å². The summed E-state index contributed by atoms with van der Waals surface area (Å²) in [7, 11) is 0. The highest BCUT2D eigenvalue weighted by Crippen LogP contribution is 2.41. The number of carbonyl (C=O) groups excluding carboxylic acids is 2. The second kappa shape index (κ2) is 5.86. The molecule has 4 heterocycles. The zero-order valence-electron chi connectivity index (χ0n) is 13.2. The predicted octanol–water partition coefficient (Wildman–Crippen LogP) is 0.373. The number of pyridine rings is 1. The Bertz CT molecular complexity index is 781. The van der Waals surface area contributed by atoms with Crippen LogP contribution in [0.25, 0.3) is 10.9 Å². The van der Waals surface area contributed by atoms with Gasteiger partial charge in [-0.15, -0.1) is 0 Å². The molecular weight excluding hydrogens is 310 g/mol. The van der Waals surface area contributed by atoms with Crippen LogP contribution in [0.2, 0.25) is 0 Å². The average Bonchev–Trinajstić information content (AvgIpc) is 3.18. The number of nitrogens with zero attached hydrogens (tertiary/aromatic N) is 2. The van der Waals surface area contributed by atoms with Crippen molar-refractivity contribution in [3.8, 4) is 0 Å². The Kier molecular flexibility index (Phi) is 3.68. The van der Waals surface area contributed by atoms with E-state index in [1.807, 2.05) is 0 Å². The van der Waals surface area contributed by atoms with Gasteiger partial charge in [0, 0.05) is 11.8 Å². The number of cyclic esters (lactones) is 1. The number of ether oxygens (including phenoxy) is 1. The molecule has 2 fully saturated rings. The number of fused-ring (bicyclic) bond motifs is 1. The fourth-order valence-electron chi connectivity index (χ4n) is 3.53. The Morgan fingerprint density at radius 3 is 3.04 bits per heavy atom. The molecule has 1 spiro atoms. The number of carbonyl (C=O) groups is 2. The molecule has 2 aliphatic rings. The van der Waals surface area contributed by atoms with Crippen LogP contribution in [0.1, 0.15) is 29.8 Å². The molecule has 3 N–H and O–H groups in total. The van der Waals surface area contributed by atoms with E-state index >= 15 is 0 Å². The highest BCUT2D eigenvalue weighted by molar-refractivity contribution is 5.95. The van der Waals surface area contributed by atoms with Crippen molar-refractivity contribution >= 4 is 22.8 Å². The number of esters is 1. The number of aromatic amines is 1. The number of nitrogens with one attached hydrogen (secondary N) is 3. The van der Waals surface area contributed by atoms with Crippen LogP contribution in [-0.4, -0.2) is 52.8 Å². The summed E-state index contributed by atoms with van der Waals surface area (Å²) in [5.41, 5.74) is 0.739. The quantitative estimate of drug-likeness (QED) is 0.702. The lowest BCUT2D eigenvalue weighted by molar-refractivity contribution is -0.149. The third-order valence-corrected chi connectivity index (χ3v) is 4.93. The molecule has 126 valence electrons. The first-order valence-corrected chi connectivity index (χ1v) is 8.15. The molecule has 0 radical (unpaired) electrons. The number of hydrogen-bond acceptors (Lipinski definition) is 6. The Hall–Kier alpha value is -2.48. The monoisotopic (exact) mass is 329 g/mol. The molecule has 2 aromatic rings. The van der Waals surface area contributed by atoms with Crippen LogP contribution in [0.5, 0.6) is 0 Å². The van der Waals surface area contributed by atoms with Gasteiger partial charge in [0.05, 0.1) is 29.9 Å². The second-order valence-electron chi connectivity index (χ2n) is 6.50. The first-order chi connectivity index (χ1) is 11.7. The highest BCUT2D eigenvalue weighted by Gasteiger charge is 2.49. The molecule has 2 aliphatic heterocycles. The summed E-state index contributed by atoms with van der Waals surface area (Å²) in [6, 6.07) is 1.68. The minimum Gasteiger partial charge on any atom is -0.460 e. The van der Waals surface area contributed by atoms with Gasteiger partial charge < -0.3 is 15.4 Å². The first-order valence-electron chi connectivity index (χ1n) is 8.15. The van der Waals surface area contributed by atoms with E-state index in [2.05, 4.69) is 25.8 Å². The lowest BCUT2D eigenvalue weighted by atomic mass is 9.76. The van der Waals surface area contributed by atoms with Gasteiger partial charge in [-0.3, -0.25) is 14.7 Å². The van der Waals surface area contributed by atoms with Crippen molar-refractivity contribution in [3.63, 3.8) is 0 Å². The van der Waals surface area contributed by atoms with Crippen molar-refractivity contribution in [2.24, 2.45) is 5.41 Å². The summed E-state index contributed by atoms with van der Waals surface area (Å²) in [5.74, 6) is -0.401. The van der Waals surface area contributed by atoms with Gasteiger partial charge in [-0.2, -0.15) is 5.10 Å². The topological polar surface area (TPSA) is 109 Å². The molecular formula is C16H19N5O3. The van der Waals surface area contributed by atoms with Crippen LogP contribution >= 0.6 is 0 Å². The third-order valence-electron chi connectivity index (χ3n) is 4.93. The molecule has 0 aromatic carbocycles. The minimum absolute atomic E-state index is 0.124. The van der Waals surface area contributed by atoms with Crippen LogP contribution < -0.4 is 10.6 Å². The molecule has 0 saturated carbocycles. The van der Waals surface area contributed by atoms with E-state index in [4.69, 9.17) is 4.74 Å². The molecule has 8 nitrogen and oxygen atoms in total. The molecule has 2 aromatic heterocycles. The number of piperidine rings is 1. The number of rotatable bonds is 3. The summed E-state index contributed by atoms with van der Waals surface area (Å²) >= 11 is 0. The van der Waals surface area contributed by atoms with Crippen molar-refractivity contribution < 1.29 is 14.3 Å².